The van der Waals surface area contributed by atoms with Crippen LogP contribution in [0.15, 0.2) is 95.4 Å². The van der Waals surface area contributed by atoms with Crippen molar-refractivity contribution < 1.29 is 4.42 Å². The molecule has 1 heterocycles. The number of benzene rings is 3. The van der Waals surface area contributed by atoms with E-state index in [0.29, 0.717) is 10.0 Å². The number of halogens is 2. The molecule has 1 aromatic heterocycles. The van der Waals surface area contributed by atoms with Gasteiger partial charge in [-0.05, 0) is 42.5 Å². The fourth-order valence-corrected chi connectivity index (χ4v) is 3.43. The Morgan fingerprint density at radius 1 is 0.577 bits per heavy atom. The summed E-state index contributed by atoms with van der Waals surface area (Å²) in [5.74, 6) is 1.58. The standard InChI is InChI=1S/C23H15Cl2O/c24-18-11-12-19(21(25)15-18)20-13-14-22(16-7-3-1-4-8-16)26-23(20)17-9-5-2-6-10-17/h1-15H/q+1. The lowest BCUT2D eigenvalue weighted by Gasteiger charge is -2.05. The molecule has 4 rings (SSSR count). The Kier molecular flexibility index (Phi) is 4.75. The van der Waals surface area contributed by atoms with E-state index in [9.17, 15) is 0 Å². The minimum Gasteiger partial charge on any atom is -0.206 e. The number of rotatable bonds is 3. The molecular formula is C23H15Cl2O+. The normalized spacial score (nSPS) is 10.7. The van der Waals surface area contributed by atoms with Crippen LogP contribution in [0.25, 0.3) is 33.8 Å². The Morgan fingerprint density at radius 3 is 1.85 bits per heavy atom. The minimum atomic E-state index is 0.595. The average Bonchev–Trinajstić information content (AvgIpc) is 2.69. The van der Waals surface area contributed by atoms with Crippen molar-refractivity contribution in [1.29, 1.82) is 0 Å². The number of hydrogen-bond donors (Lipinski definition) is 0. The van der Waals surface area contributed by atoms with Crippen LogP contribution in [0.2, 0.25) is 10.0 Å². The maximum Gasteiger partial charge on any atom is 0.368 e. The van der Waals surface area contributed by atoms with Crippen LogP contribution in [-0.4, -0.2) is 0 Å². The molecule has 0 bridgehead atoms. The molecule has 0 fully saturated rings. The summed E-state index contributed by atoms with van der Waals surface area (Å²) in [4.78, 5) is 0. The molecule has 1 nitrogen and oxygen atoms in total. The molecule has 0 N–H and O–H groups in total. The summed E-state index contributed by atoms with van der Waals surface area (Å²) in [5, 5.41) is 1.20. The van der Waals surface area contributed by atoms with Crippen molar-refractivity contribution in [3.8, 4) is 33.8 Å². The van der Waals surface area contributed by atoms with Gasteiger partial charge in [-0.3, -0.25) is 0 Å². The highest BCUT2D eigenvalue weighted by Crippen LogP contribution is 2.39. The molecule has 4 aromatic rings. The molecule has 0 spiro atoms. The fraction of sp³-hybridized carbons (Fsp3) is 0. The van der Waals surface area contributed by atoms with Crippen LogP contribution in [-0.2, 0) is 0 Å². The molecule has 0 saturated heterocycles. The molecule has 0 unspecified atom stereocenters. The van der Waals surface area contributed by atoms with Gasteiger partial charge < -0.3 is 0 Å². The number of hydrogen-bond acceptors (Lipinski definition) is 0. The van der Waals surface area contributed by atoms with Crippen molar-refractivity contribution in [1.82, 2.24) is 0 Å². The largest absolute Gasteiger partial charge is 0.368 e. The van der Waals surface area contributed by atoms with Crippen molar-refractivity contribution in [3.05, 3.63) is 101 Å². The van der Waals surface area contributed by atoms with Gasteiger partial charge in [-0.2, -0.15) is 0 Å². The average molecular weight is 378 g/mol. The van der Waals surface area contributed by atoms with E-state index in [1.165, 1.54) is 0 Å². The van der Waals surface area contributed by atoms with E-state index in [4.69, 9.17) is 27.6 Å². The van der Waals surface area contributed by atoms with Crippen LogP contribution in [0.3, 0.4) is 0 Å². The molecule has 3 heteroatoms. The fourth-order valence-electron chi connectivity index (χ4n) is 2.92. The van der Waals surface area contributed by atoms with Crippen LogP contribution in [0.5, 0.6) is 0 Å². The smallest absolute Gasteiger partial charge is 0.206 e. The van der Waals surface area contributed by atoms with Gasteiger partial charge in [0.2, 0.25) is 0 Å². The van der Waals surface area contributed by atoms with Gasteiger partial charge in [-0.15, -0.1) is 0 Å². The molecule has 0 saturated carbocycles. The first-order valence-electron chi connectivity index (χ1n) is 8.26. The van der Waals surface area contributed by atoms with Crippen LogP contribution in [0.1, 0.15) is 0 Å². The van der Waals surface area contributed by atoms with Gasteiger partial charge >= 0.3 is 11.5 Å². The molecule has 126 valence electrons. The SMILES string of the molecule is Clc1ccc(-c2ccc(-c3ccccc3)[o+]c2-c2ccccc2)c(Cl)c1. The summed E-state index contributed by atoms with van der Waals surface area (Å²) >= 11 is 12.5. The summed E-state index contributed by atoms with van der Waals surface area (Å²) in [6.45, 7) is 0. The van der Waals surface area contributed by atoms with E-state index in [1.807, 2.05) is 84.9 Å². The zero-order valence-electron chi connectivity index (χ0n) is 13.8. The van der Waals surface area contributed by atoms with Crippen molar-refractivity contribution in [2.45, 2.75) is 0 Å². The van der Waals surface area contributed by atoms with Gasteiger partial charge in [-0.1, -0.05) is 65.7 Å². The van der Waals surface area contributed by atoms with E-state index >= 15 is 0 Å². The first-order valence-corrected chi connectivity index (χ1v) is 9.01. The van der Waals surface area contributed by atoms with Gasteiger partial charge in [-0.25, -0.2) is 4.42 Å². The van der Waals surface area contributed by atoms with Crippen molar-refractivity contribution >= 4 is 23.2 Å². The summed E-state index contributed by atoms with van der Waals surface area (Å²) in [7, 11) is 0. The van der Waals surface area contributed by atoms with Crippen LogP contribution in [0, 0.1) is 0 Å². The maximum absolute atomic E-state index is 6.45. The third-order valence-corrected chi connectivity index (χ3v) is 4.72. The van der Waals surface area contributed by atoms with E-state index < -0.39 is 0 Å². The molecular weight excluding hydrogens is 363 g/mol. The summed E-state index contributed by atoms with van der Waals surface area (Å²) < 4.78 is 6.33. The monoisotopic (exact) mass is 377 g/mol. The third-order valence-electron chi connectivity index (χ3n) is 4.17. The highest BCUT2D eigenvalue weighted by Gasteiger charge is 2.24. The Morgan fingerprint density at radius 2 is 1.19 bits per heavy atom. The summed E-state index contributed by atoms with van der Waals surface area (Å²) in [5.41, 5.74) is 3.83. The van der Waals surface area contributed by atoms with Gasteiger partial charge in [0, 0.05) is 16.7 Å². The molecule has 0 aliphatic heterocycles. The molecule has 0 aliphatic carbocycles. The Hall–Kier alpha value is -2.61. The molecule has 26 heavy (non-hydrogen) atoms. The van der Waals surface area contributed by atoms with E-state index in [1.54, 1.807) is 6.07 Å². The second-order valence-electron chi connectivity index (χ2n) is 5.90. The third kappa shape index (κ3) is 3.37. The van der Waals surface area contributed by atoms with Crippen molar-refractivity contribution in [2.75, 3.05) is 0 Å². The highest BCUT2D eigenvalue weighted by atomic mass is 35.5. The predicted molar refractivity (Wildman–Crippen MR) is 109 cm³/mol. The Balaban J connectivity index is 1.94. The zero-order valence-corrected chi connectivity index (χ0v) is 15.3. The molecule has 0 radical (unpaired) electrons. The minimum absolute atomic E-state index is 0.595. The molecule has 0 aliphatic rings. The van der Waals surface area contributed by atoms with E-state index in [0.717, 1.165) is 33.8 Å². The van der Waals surface area contributed by atoms with Gasteiger partial charge in [0.15, 0.2) is 0 Å². The van der Waals surface area contributed by atoms with Gasteiger partial charge in [0.05, 0.1) is 21.7 Å². The molecule has 0 amide bonds. The summed E-state index contributed by atoms with van der Waals surface area (Å²) in [6, 6.07) is 29.6. The molecule has 0 atom stereocenters. The van der Waals surface area contributed by atoms with Crippen LogP contribution < -0.4 is 0 Å². The second-order valence-corrected chi connectivity index (χ2v) is 6.74. The summed E-state index contributed by atoms with van der Waals surface area (Å²) in [6.07, 6.45) is 0. The topological polar surface area (TPSA) is 11.3 Å². The highest BCUT2D eigenvalue weighted by molar-refractivity contribution is 6.36. The molecule has 3 aromatic carbocycles. The maximum atomic E-state index is 6.45. The Bertz CT molecular complexity index is 1040. The lowest BCUT2D eigenvalue weighted by molar-refractivity contribution is 0.583. The van der Waals surface area contributed by atoms with Crippen LogP contribution >= 0.6 is 23.2 Å². The lowest BCUT2D eigenvalue weighted by Crippen LogP contribution is -1.88. The Labute approximate surface area is 162 Å². The van der Waals surface area contributed by atoms with Crippen molar-refractivity contribution in [3.63, 3.8) is 0 Å². The van der Waals surface area contributed by atoms with E-state index in [-0.39, 0.29) is 0 Å². The van der Waals surface area contributed by atoms with E-state index in [2.05, 4.69) is 0 Å². The van der Waals surface area contributed by atoms with Crippen molar-refractivity contribution in [2.24, 2.45) is 0 Å². The van der Waals surface area contributed by atoms with Gasteiger partial charge in [0.25, 0.3) is 0 Å². The zero-order chi connectivity index (χ0) is 17.9. The van der Waals surface area contributed by atoms with Crippen LogP contribution in [0.4, 0.5) is 0 Å². The lowest BCUT2D eigenvalue weighted by atomic mass is 9.99. The quantitative estimate of drug-likeness (QED) is 0.330. The first kappa shape index (κ1) is 16.8. The second kappa shape index (κ2) is 7.33. The predicted octanol–water partition coefficient (Wildman–Crippen LogP) is 7.87. The first-order chi connectivity index (χ1) is 12.7. The van der Waals surface area contributed by atoms with Gasteiger partial charge in [0.1, 0.15) is 0 Å².